The van der Waals surface area contributed by atoms with E-state index in [9.17, 15) is 4.79 Å². The van der Waals surface area contributed by atoms with E-state index in [0.29, 0.717) is 12.6 Å². The Bertz CT molecular complexity index is 420. The van der Waals surface area contributed by atoms with Crippen LogP contribution in [0.25, 0.3) is 0 Å². The van der Waals surface area contributed by atoms with Gasteiger partial charge in [-0.25, -0.2) is 9.97 Å². The third kappa shape index (κ3) is 3.82. The number of nitrogens with one attached hydrogen (secondary N) is 1. The van der Waals surface area contributed by atoms with E-state index >= 15 is 0 Å². The van der Waals surface area contributed by atoms with Crippen molar-refractivity contribution in [2.24, 2.45) is 5.73 Å². The fourth-order valence-electron chi connectivity index (χ4n) is 2.08. The molecule has 1 fully saturated rings. The zero-order valence-electron chi connectivity index (χ0n) is 9.97. The lowest BCUT2D eigenvalue weighted by atomic mass is 10.1. The Balaban J connectivity index is 1.81. The van der Waals surface area contributed by atoms with Gasteiger partial charge in [0.05, 0.1) is 6.54 Å². The van der Waals surface area contributed by atoms with Gasteiger partial charge in [-0.05, 0) is 30.5 Å². The molecule has 0 spiro atoms. The Hall–Kier alpha value is -1.40. The summed E-state index contributed by atoms with van der Waals surface area (Å²) < 4.78 is 0. The van der Waals surface area contributed by atoms with Gasteiger partial charge in [-0.1, -0.05) is 0 Å². The largest absolute Gasteiger partial charge is 0.369 e. The molecule has 1 aromatic rings. The van der Waals surface area contributed by atoms with E-state index in [-0.39, 0.29) is 11.2 Å². The van der Waals surface area contributed by atoms with Crippen LogP contribution in [-0.4, -0.2) is 46.5 Å². The van der Waals surface area contributed by atoms with Gasteiger partial charge >= 0.3 is 0 Å². The number of likely N-dealkylation sites (tertiary alicyclic amines) is 1. The molecule has 1 aliphatic heterocycles. The van der Waals surface area contributed by atoms with Gasteiger partial charge in [0.2, 0.25) is 11.2 Å². The van der Waals surface area contributed by atoms with Crippen LogP contribution in [0, 0.1) is 0 Å². The van der Waals surface area contributed by atoms with Crippen LogP contribution in [0.1, 0.15) is 12.8 Å². The Kier molecular flexibility index (Phi) is 4.33. The highest BCUT2D eigenvalue weighted by molar-refractivity contribution is 6.28. The highest BCUT2D eigenvalue weighted by Crippen LogP contribution is 2.15. The third-order valence-electron chi connectivity index (χ3n) is 2.95. The van der Waals surface area contributed by atoms with Crippen LogP contribution < -0.4 is 11.1 Å². The van der Waals surface area contributed by atoms with Crippen LogP contribution in [-0.2, 0) is 4.79 Å². The maximum absolute atomic E-state index is 10.8. The van der Waals surface area contributed by atoms with Crippen LogP contribution in [0.15, 0.2) is 12.3 Å². The standard InChI is InChI=1S/C11H16ClN5O/c12-11-14-4-1-10(16-11)15-8-2-5-17(6-3-8)7-9(13)18/h1,4,8H,2-3,5-7H2,(H2,13,18)(H,14,15,16). The van der Waals surface area contributed by atoms with E-state index in [1.165, 1.54) is 0 Å². The van der Waals surface area contributed by atoms with Gasteiger partial charge in [0.1, 0.15) is 5.82 Å². The van der Waals surface area contributed by atoms with Gasteiger partial charge in [0, 0.05) is 25.3 Å². The minimum atomic E-state index is -0.274. The van der Waals surface area contributed by atoms with Crippen LogP contribution in [0.3, 0.4) is 0 Å². The first kappa shape index (κ1) is 13.0. The zero-order chi connectivity index (χ0) is 13.0. The van der Waals surface area contributed by atoms with Gasteiger partial charge in [-0.3, -0.25) is 9.69 Å². The first-order valence-corrected chi connectivity index (χ1v) is 6.27. The van der Waals surface area contributed by atoms with Crippen molar-refractivity contribution in [2.45, 2.75) is 18.9 Å². The number of piperidine rings is 1. The maximum Gasteiger partial charge on any atom is 0.231 e. The molecule has 7 heteroatoms. The number of halogens is 1. The summed E-state index contributed by atoms with van der Waals surface area (Å²) in [6.45, 7) is 2.06. The molecule has 1 aromatic heterocycles. The fraction of sp³-hybridized carbons (Fsp3) is 0.545. The van der Waals surface area contributed by atoms with Gasteiger partial charge in [0.25, 0.3) is 0 Å². The molecule has 18 heavy (non-hydrogen) atoms. The molecule has 0 atom stereocenters. The van der Waals surface area contributed by atoms with Crippen LogP contribution in [0.5, 0.6) is 0 Å². The molecule has 2 rings (SSSR count). The summed E-state index contributed by atoms with van der Waals surface area (Å²) in [4.78, 5) is 20.8. The van der Waals surface area contributed by atoms with Gasteiger partial charge in [-0.2, -0.15) is 0 Å². The number of rotatable bonds is 4. The SMILES string of the molecule is NC(=O)CN1CCC(Nc2ccnc(Cl)n2)CC1. The monoisotopic (exact) mass is 269 g/mol. The number of primary amides is 1. The molecule has 0 bridgehead atoms. The molecule has 98 valence electrons. The maximum atomic E-state index is 10.8. The first-order chi connectivity index (χ1) is 8.63. The van der Waals surface area contributed by atoms with E-state index < -0.39 is 0 Å². The molecule has 0 radical (unpaired) electrons. The zero-order valence-corrected chi connectivity index (χ0v) is 10.7. The first-order valence-electron chi connectivity index (χ1n) is 5.89. The van der Waals surface area contributed by atoms with Crippen molar-refractivity contribution in [3.05, 3.63) is 17.5 Å². The second kappa shape index (κ2) is 5.97. The Morgan fingerprint density at radius 3 is 2.89 bits per heavy atom. The number of nitrogens with two attached hydrogens (primary N) is 1. The third-order valence-corrected chi connectivity index (χ3v) is 3.13. The molecule has 0 aromatic carbocycles. The highest BCUT2D eigenvalue weighted by Gasteiger charge is 2.20. The molecule has 1 aliphatic rings. The Morgan fingerprint density at radius 2 is 2.28 bits per heavy atom. The van der Waals surface area contributed by atoms with Gasteiger partial charge < -0.3 is 11.1 Å². The van der Waals surface area contributed by atoms with Crippen molar-refractivity contribution in [3.8, 4) is 0 Å². The normalized spacial score (nSPS) is 17.6. The average Bonchev–Trinajstić information content (AvgIpc) is 2.31. The van der Waals surface area contributed by atoms with E-state index in [1.807, 2.05) is 0 Å². The predicted molar refractivity (Wildman–Crippen MR) is 69.3 cm³/mol. The van der Waals surface area contributed by atoms with Gasteiger partial charge in [-0.15, -0.1) is 0 Å². The minimum absolute atomic E-state index is 0.242. The van der Waals surface area contributed by atoms with Crippen molar-refractivity contribution in [1.82, 2.24) is 14.9 Å². The van der Waals surface area contributed by atoms with E-state index in [1.54, 1.807) is 12.3 Å². The lowest BCUT2D eigenvalue weighted by Gasteiger charge is -2.31. The number of anilines is 1. The van der Waals surface area contributed by atoms with Crippen molar-refractivity contribution in [2.75, 3.05) is 25.0 Å². The summed E-state index contributed by atoms with van der Waals surface area (Å²) in [6, 6.07) is 2.14. The second-order valence-electron chi connectivity index (χ2n) is 4.37. The quantitative estimate of drug-likeness (QED) is 0.778. The number of hydrogen-bond acceptors (Lipinski definition) is 5. The molecular weight excluding hydrogens is 254 g/mol. The van der Waals surface area contributed by atoms with Crippen LogP contribution >= 0.6 is 11.6 Å². The molecule has 3 N–H and O–H groups in total. The topological polar surface area (TPSA) is 84.1 Å². The molecule has 2 heterocycles. The summed E-state index contributed by atoms with van der Waals surface area (Å²) in [7, 11) is 0. The van der Waals surface area contributed by atoms with Gasteiger partial charge in [0.15, 0.2) is 0 Å². The second-order valence-corrected chi connectivity index (χ2v) is 4.71. The fourth-order valence-corrected chi connectivity index (χ4v) is 2.23. The van der Waals surface area contributed by atoms with Crippen LogP contribution in [0.2, 0.25) is 5.28 Å². The summed E-state index contributed by atoms with van der Waals surface area (Å²) in [5.41, 5.74) is 5.17. The highest BCUT2D eigenvalue weighted by atomic mass is 35.5. The smallest absolute Gasteiger partial charge is 0.231 e. The number of amides is 1. The summed E-state index contributed by atoms with van der Waals surface area (Å²) in [5, 5.41) is 3.56. The number of carbonyl (C=O) groups excluding carboxylic acids is 1. The number of aromatic nitrogens is 2. The Labute approximate surface area is 111 Å². The molecule has 6 nitrogen and oxygen atoms in total. The van der Waals surface area contributed by atoms with Crippen molar-refractivity contribution in [1.29, 1.82) is 0 Å². The predicted octanol–water partition coefficient (Wildman–Crippen LogP) is 0.492. The van der Waals surface area contributed by atoms with E-state index in [4.69, 9.17) is 17.3 Å². The number of nitrogens with zero attached hydrogens (tertiary/aromatic N) is 3. The molecule has 0 aliphatic carbocycles. The molecular formula is C11H16ClN5O. The van der Waals surface area contributed by atoms with E-state index in [2.05, 4.69) is 20.2 Å². The lowest BCUT2D eigenvalue weighted by Crippen LogP contribution is -2.43. The van der Waals surface area contributed by atoms with Crippen molar-refractivity contribution < 1.29 is 4.79 Å². The molecule has 0 saturated carbocycles. The lowest BCUT2D eigenvalue weighted by molar-refractivity contribution is -0.119. The molecule has 1 amide bonds. The minimum Gasteiger partial charge on any atom is -0.369 e. The van der Waals surface area contributed by atoms with Crippen molar-refractivity contribution >= 4 is 23.3 Å². The number of carbonyl (C=O) groups is 1. The summed E-state index contributed by atoms with van der Waals surface area (Å²) in [5.74, 6) is 0.465. The van der Waals surface area contributed by atoms with E-state index in [0.717, 1.165) is 31.7 Å². The molecule has 1 saturated heterocycles. The average molecular weight is 270 g/mol. The summed E-state index contributed by atoms with van der Waals surface area (Å²) >= 11 is 5.72. The van der Waals surface area contributed by atoms with Crippen molar-refractivity contribution in [3.63, 3.8) is 0 Å². The summed E-state index contributed by atoms with van der Waals surface area (Å²) in [6.07, 6.45) is 3.53. The van der Waals surface area contributed by atoms with Crippen LogP contribution in [0.4, 0.5) is 5.82 Å². The number of hydrogen-bond donors (Lipinski definition) is 2. The molecule has 0 unspecified atom stereocenters. The Morgan fingerprint density at radius 1 is 1.56 bits per heavy atom.